The van der Waals surface area contributed by atoms with Crippen molar-refractivity contribution in [2.45, 2.75) is 94.8 Å². The zero-order chi connectivity index (χ0) is 32.7. The minimum Gasteiger partial charge on any atom is -0.426 e. The summed E-state index contributed by atoms with van der Waals surface area (Å²) in [7, 11) is 0. The molecule has 0 unspecified atom stereocenters. The molecule has 3 aromatic carbocycles. The number of ether oxygens (including phenoxy) is 1. The molecule has 0 aliphatic heterocycles. The Morgan fingerprint density at radius 3 is 1.64 bits per heavy atom. The van der Waals surface area contributed by atoms with Crippen LogP contribution in [-0.2, 0) is 6.11 Å². The summed E-state index contributed by atoms with van der Waals surface area (Å²) in [5.41, 5.74) is -0.496. The van der Waals surface area contributed by atoms with Crippen LogP contribution in [0.25, 0.3) is 11.1 Å². The monoisotopic (exact) mass is 734 g/mol. The molecule has 3 aromatic rings. The van der Waals surface area contributed by atoms with Gasteiger partial charge in [0.15, 0.2) is 5.75 Å². The molecule has 246 valence electrons. The average molecular weight is 735 g/mol. The molecule has 1 nitrogen and oxygen atoms in total. The second-order valence-corrected chi connectivity index (χ2v) is 13.4. The molecule has 0 N–H and O–H groups in total. The number of benzene rings is 3. The lowest BCUT2D eigenvalue weighted by atomic mass is 9.77. The maximum Gasteiger partial charge on any atom is 0.432 e. The van der Waals surface area contributed by atoms with Gasteiger partial charge in [0.2, 0.25) is 0 Å². The quantitative estimate of drug-likeness (QED) is 0.120. The molecule has 0 saturated heterocycles. The summed E-state index contributed by atoms with van der Waals surface area (Å²) < 4.78 is 134. The van der Waals surface area contributed by atoms with Crippen LogP contribution in [0.3, 0.4) is 0 Å². The lowest BCUT2D eigenvalue weighted by Gasteiger charge is -2.29. The van der Waals surface area contributed by atoms with Crippen molar-refractivity contribution in [1.29, 1.82) is 0 Å². The van der Waals surface area contributed by atoms with E-state index in [0.29, 0.717) is 23.6 Å². The van der Waals surface area contributed by atoms with Crippen molar-refractivity contribution < 1.29 is 41.7 Å². The fourth-order valence-electron chi connectivity index (χ4n) is 5.67. The molecule has 0 radical (unpaired) electrons. The molecule has 0 spiro atoms. The van der Waals surface area contributed by atoms with Crippen molar-refractivity contribution in [2.75, 3.05) is 0 Å². The molecule has 0 aromatic heterocycles. The van der Waals surface area contributed by atoms with Crippen molar-refractivity contribution in [3.8, 4) is 16.9 Å². The van der Waals surface area contributed by atoms with Crippen LogP contribution in [0.1, 0.15) is 75.3 Å². The molecule has 4 rings (SSSR count). The Morgan fingerprint density at radius 1 is 0.689 bits per heavy atom. The third-order valence-corrected chi connectivity index (χ3v) is 11.3. The Labute approximate surface area is 278 Å². The van der Waals surface area contributed by atoms with Crippen molar-refractivity contribution in [1.82, 2.24) is 0 Å². The van der Waals surface area contributed by atoms with Crippen LogP contribution in [0.5, 0.6) is 5.75 Å². The highest BCUT2D eigenvalue weighted by molar-refractivity contribution is 8.00. The maximum absolute atomic E-state index is 15.3. The van der Waals surface area contributed by atoms with Gasteiger partial charge >= 0.3 is 6.11 Å². The highest BCUT2D eigenvalue weighted by Crippen LogP contribution is 2.57. The molecule has 1 saturated carbocycles. The van der Waals surface area contributed by atoms with Gasteiger partial charge in [-0.25, -0.2) is 8.78 Å². The standard InChI is InChI=1S/C30H27F9OS5/c1-2-3-4-5-16-6-8-17(9-7-16)18-10-12-19(13-11-18)20-14-21(31)23(22(32)15-20)30(33,34)40-24-25(41-35)27(43-37)29(45-39)28(44-38)26(24)42-36/h10-17H,2-9H2,1H3. The second kappa shape index (κ2) is 16.6. The molecular formula is C30H27F9OS5. The molecule has 0 heterocycles. The van der Waals surface area contributed by atoms with Crippen LogP contribution in [0, 0.1) is 17.6 Å². The number of halogens is 9. The highest BCUT2D eigenvalue weighted by atomic mass is 32.2. The Balaban J connectivity index is 1.59. The SMILES string of the molecule is CCCCCC1CCC(c2ccc(-c3cc(F)c(C(F)(F)Oc4c(SF)c(SF)c(SF)c(SF)c4SF)c(F)c3)cc2)CC1. The molecule has 0 atom stereocenters. The normalized spacial score (nSPS) is 17.1. The average Bonchev–Trinajstić information content (AvgIpc) is 3.03. The fraction of sp³-hybridized carbons (Fsp3) is 0.400. The van der Waals surface area contributed by atoms with Crippen LogP contribution >= 0.6 is 60.7 Å². The van der Waals surface area contributed by atoms with Crippen molar-refractivity contribution in [3.05, 3.63) is 59.2 Å². The number of rotatable bonds is 14. The molecule has 0 bridgehead atoms. The lowest BCUT2D eigenvalue weighted by Crippen LogP contribution is -2.26. The summed E-state index contributed by atoms with van der Waals surface area (Å²) in [5.74, 6) is -3.84. The third-order valence-electron chi connectivity index (χ3n) is 7.96. The van der Waals surface area contributed by atoms with Gasteiger partial charge in [0.05, 0.1) is 75.4 Å². The Morgan fingerprint density at radius 2 is 1.18 bits per heavy atom. The van der Waals surface area contributed by atoms with Crippen LogP contribution in [0.2, 0.25) is 0 Å². The van der Waals surface area contributed by atoms with E-state index in [4.69, 9.17) is 0 Å². The molecule has 45 heavy (non-hydrogen) atoms. The van der Waals surface area contributed by atoms with Crippen LogP contribution in [0.15, 0.2) is 60.9 Å². The minimum atomic E-state index is -4.91. The van der Waals surface area contributed by atoms with E-state index < -0.39 is 114 Å². The summed E-state index contributed by atoms with van der Waals surface area (Å²) in [6, 6.07) is 8.33. The molecule has 1 aliphatic rings. The van der Waals surface area contributed by atoms with E-state index in [9.17, 15) is 19.4 Å². The van der Waals surface area contributed by atoms with Crippen LogP contribution in [0.4, 0.5) is 37.0 Å². The molecule has 15 heteroatoms. The van der Waals surface area contributed by atoms with Gasteiger partial charge in [0.25, 0.3) is 0 Å². The molecule has 0 amide bonds. The first-order chi connectivity index (χ1) is 21.6. The topological polar surface area (TPSA) is 9.23 Å². The van der Waals surface area contributed by atoms with Gasteiger partial charge in [-0.3, -0.25) is 0 Å². The smallest absolute Gasteiger partial charge is 0.426 e. The summed E-state index contributed by atoms with van der Waals surface area (Å²) >= 11 is -4.27. The van der Waals surface area contributed by atoms with E-state index in [1.807, 2.05) is 12.1 Å². The second-order valence-electron chi connectivity index (χ2n) is 10.6. The van der Waals surface area contributed by atoms with E-state index in [2.05, 4.69) is 11.7 Å². The van der Waals surface area contributed by atoms with Gasteiger partial charge in [-0.1, -0.05) is 56.9 Å². The van der Waals surface area contributed by atoms with Gasteiger partial charge in [0, 0.05) is 0 Å². The van der Waals surface area contributed by atoms with Gasteiger partial charge in [-0.15, -0.1) is 0 Å². The van der Waals surface area contributed by atoms with Gasteiger partial charge in [-0.2, -0.15) is 28.2 Å². The Bertz CT molecular complexity index is 1390. The van der Waals surface area contributed by atoms with Crippen LogP contribution in [-0.4, -0.2) is 0 Å². The first-order valence-electron chi connectivity index (χ1n) is 14.0. The Hall–Kier alpha value is -1.42. The largest absolute Gasteiger partial charge is 0.432 e. The van der Waals surface area contributed by atoms with E-state index in [0.717, 1.165) is 37.2 Å². The zero-order valence-corrected chi connectivity index (χ0v) is 27.7. The molecule has 1 fully saturated rings. The minimum absolute atomic E-state index is 0.0488. The van der Waals surface area contributed by atoms with Gasteiger partial charge < -0.3 is 4.74 Å². The number of hydrogen-bond acceptors (Lipinski definition) is 6. The van der Waals surface area contributed by atoms with E-state index >= 15 is 17.6 Å². The fourth-order valence-corrected chi connectivity index (χ4v) is 8.47. The zero-order valence-electron chi connectivity index (χ0n) is 23.6. The molecular weight excluding hydrogens is 708 g/mol. The Kier molecular flexibility index (Phi) is 13.4. The van der Waals surface area contributed by atoms with Crippen molar-refractivity contribution in [2.24, 2.45) is 5.92 Å². The number of alkyl halides is 2. The summed E-state index contributed by atoms with van der Waals surface area (Å²) in [4.78, 5) is -5.28. The van der Waals surface area contributed by atoms with Crippen molar-refractivity contribution in [3.63, 3.8) is 0 Å². The van der Waals surface area contributed by atoms with Gasteiger partial charge in [-0.05, 0) is 66.3 Å². The van der Waals surface area contributed by atoms with E-state index in [1.165, 1.54) is 25.7 Å². The predicted octanol–water partition coefficient (Wildman–Crippen LogP) is 14.5. The number of unbranched alkanes of at least 4 members (excludes halogenated alkanes) is 2. The first-order valence-corrected chi connectivity index (χ1v) is 17.6. The molecule has 1 aliphatic carbocycles. The van der Waals surface area contributed by atoms with Gasteiger partial charge in [0.1, 0.15) is 27.0 Å². The highest BCUT2D eigenvalue weighted by Gasteiger charge is 2.44. The summed E-state index contributed by atoms with van der Waals surface area (Å²) in [6.07, 6.45) is 4.36. The number of hydrogen-bond donors (Lipinski definition) is 0. The maximum atomic E-state index is 15.3. The van der Waals surface area contributed by atoms with Crippen LogP contribution < -0.4 is 4.74 Å². The first kappa shape index (κ1) is 36.4. The summed E-state index contributed by atoms with van der Waals surface area (Å²) in [6.45, 7) is 2.18. The predicted molar refractivity (Wildman–Crippen MR) is 166 cm³/mol. The van der Waals surface area contributed by atoms with E-state index in [1.54, 1.807) is 12.1 Å². The van der Waals surface area contributed by atoms with Crippen molar-refractivity contribution >= 4 is 60.7 Å². The van der Waals surface area contributed by atoms with E-state index in [-0.39, 0.29) is 5.56 Å². The lowest BCUT2D eigenvalue weighted by molar-refractivity contribution is -0.192. The third kappa shape index (κ3) is 8.18. The summed E-state index contributed by atoms with van der Waals surface area (Å²) in [5, 5.41) is 0.